The van der Waals surface area contributed by atoms with Crippen LogP contribution in [0.3, 0.4) is 0 Å². The maximum Gasteiger partial charge on any atom is 0.254 e. The van der Waals surface area contributed by atoms with Gasteiger partial charge in [0, 0.05) is 24.1 Å². The minimum absolute atomic E-state index is 0.0279. The van der Waals surface area contributed by atoms with Gasteiger partial charge in [0.2, 0.25) is 11.8 Å². The van der Waals surface area contributed by atoms with Crippen LogP contribution in [0.15, 0.2) is 60.7 Å². The van der Waals surface area contributed by atoms with Gasteiger partial charge in [0.05, 0.1) is 13.1 Å². The second kappa shape index (κ2) is 9.64. The zero-order valence-corrected chi connectivity index (χ0v) is 17.3. The number of nitrogens with one attached hydrogen (secondary N) is 2. The van der Waals surface area contributed by atoms with Gasteiger partial charge in [0.25, 0.3) is 5.91 Å². The van der Waals surface area contributed by atoms with Gasteiger partial charge in [0.15, 0.2) is 0 Å². The summed E-state index contributed by atoms with van der Waals surface area (Å²) in [5, 5.41) is 5.95. The lowest BCUT2D eigenvalue weighted by Crippen LogP contribution is -2.39. The molecule has 0 spiro atoms. The van der Waals surface area contributed by atoms with E-state index in [1.54, 1.807) is 17.0 Å². The van der Waals surface area contributed by atoms with Crippen molar-refractivity contribution in [1.29, 1.82) is 0 Å². The summed E-state index contributed by atoms with van der Waals surface area (Å²) in [6.45, 7) is 1.34. The fourth-order valence-electron chi connectivity index (χ4n) is 4.41. The Morgan fingerprint density at radius 1 is 1.03 bits per heavy atom. The third-order valence-electron chi connectivity index (χ3n) is 5.92. The van der Waals surface area contributed by atoms with E-state index in [0.29, 0.717) is 38.1 Å². The molecule has 0 unspecified atom stereocenters. The second-order valence-electron chi connectivity index (χ2n) is 8.11. The SMILES string of the molecule is O=C1CN(C(=O)c2ccccc2)C[C@H]2C[C@H](C(=O)NCCOc3ccccc3)C[C@H]2N1. The highest BCUT2D eigenvalue weighted by Crippen LogP contribution is 2.33. The van der Waals surface area contributed by atoms with Gasteiger partial charge in [-0.2, -0.15) is 0 Å². The van der Waals surface area contributed by atoms with Crippen LogP contribution in [-0.4, -0.2) is 54.9 Å². The van der Waals surface area contributed by atoms with Crippen molar-refractivity contribution < 1.29 is 19.1 Å². The Balaban J connectivity index is 1.30. The van der Waals surface area contributed by atoms with Crippen molar-refractivity contribution in [3.63, 3.8) is 0 Å². The predicted molar refractivity (Wildman–Crippen MR) is 115 cm³/mol. The number of carbonyl (C=O) groups excluding carboxylic acids is 3. The van der Waals surface area contributed by atoms with Crippen LogP contribution in [0.2, 0.25) is 0 Å². The third-order valence-corrected chi connectivity index (χ3v) is 5.92. The van der Waals surface area contributed by atoms with Crippen LogP contribution in [0, 0.1) is 11.8 Å². The van der Waals surface area contributed by atoms with E-state index < -0.39 is 0 Å². The molecule has 2 aliphatic rings. The molecule has 0 radical (unpaired) electrons. The molecule has 3 atom stereocenters. The number of nitrogens with zero attached hydrogens (tertiary/aromatic N) is 1. The lowest BCUT2D eigenvalue weighted by atomic mass is 10.0. The number of para-hydroxylation sites is 1. The van der Waals surface area contributed by atoms with Gasteiger partial charge in [-0.1, -0.05) is 36.4 Å². The quantitative estimate of drug-likeness (QED) is 0.697. The first-order valence-electron chi connectivity index (χ1n) is 10.7. The van der Waals surface area contributed by atoms with Crippen LogP contribution >= 0.6 is 0 Å². The minimum Gasteiger partial charge on any atom is -0.492 e. The Morgan fingerprint density at radius 2 is 1.74 bits per heavy atom. The van der Waals surface area contributed by atoms with E-state index in [0.717, 1.165) is 5.75 Å². The number of ether oxygens (including phenoxy) is 1. The summed E-state index contributed by atoms with van der Waals surface area (Å²) >= 11 is 0. The Labute approximate surface area is 181 Å². The van der Waals surface area contributed by atoms with E-state index in [9.17, 15) is 14.4 Å². The molecular formula is C24H27N3O4. The van der Waals surface area contributed by atoms with Crippen molar-refractivity contribution in [2.45, 2.75) is 18.9 Å². The van der Waals surface area contributed by atoms with Crippen molar-refractivity contribution in [2.24, 2.45) is 11.8 Å². The molecule has 1 saturated heterocycles. The molecule has 2 aromatic rings. The molecule has 2 aromatic carbocycles. The highest BCUT2D eigenvalue weighted by Gasteiger charge is 2.42. The van der Waals surface area contributed by atoms with Crippen molar-refractivity contribution in [3.8, 4) is 5.75 Å². The first-order chi connectivity index (χ1) is 15.1. The van der Waals surface area contributed by atoms with Crippen molar-refractivity contribution in [1.82, 2.24) is 15.5 Å². The van der Waals surface area contributed by atoms with Gasteiger partial charge in [-0.3, -0.25) is 14.4 Å². The summed E-state index contributed by atoms with van der Waals surface area (Å²) in [4.78, 5) is 39.5. The van der Waals surface area contributed by atoms with Crippen LogP contribution in [-0.2, 0) is 9.59 Å². The van der Waals surface area contributed by atoms with E-state index in [4.69, 9.17) is 4.74 Å². The standard InChI is InChI=1S/C24H27N3O4/c28-22-16-27(24(30)17-7-3-1-4-8-17)15-19-13-18(14-21(19)26-22)23(29)25-11-12-31-20-9-5-2-6-10-20/h1-10,18-19,21H,11-16H2,(H,25,29)(H,26,28)/t18-,19+,21+/m0/s1. The first-order valence-corrected chi connectivity index (χ1v) is 10.7. The van der Waals surface area contributed by atoms with Crippen LogP contribution in [0.25, 0.3) is 0 Å². The summed E-state index contributed by atoms with van der Waals surface area (Å²) in [6.07, 6.45) is 1.24. The summed E-state index contributed by atoms with van der Waals surface area (Å²) in [6, 6.07) is 18.4. The molecule has 7 heteroatoms. The van der Waals surface area contributed by atoms with E-state index >= 15 is 0 Å². The van der Waals surface area contributed by atoms with E-state index in [2.05, 4.69) is 10.6 Å². The molecule has 1 aliphatic heterocycles. The topological polar surface area (TPSA) is 87.7 Å². The maximum absolute atomic E-state index is 12.8. The van der Waals surface area contributed by atoms with Gasteiger partial charge in [-0.25, -0.2) is 0 Å². The Hall–Kier alpha value is -3.35. The molecule has 4 rings (SSSR count). The van der Waals surface area contributed by atoms with E-state index in [1.807, 2.05) is 48.5 Å². The molecule has 3 amide bonds. The molecule has 0 aromatic heterocycles. The fourth-order valence-corrected chi connectivity index (χ4v) is 4.41. The van der Waals surface area contributed by atoms with Gasteiger partial charge in [-0.05, 0) is 43.0 Å². The monoisotopic (exact) mass is 421 g/mol. The van der Waals surface area contributed by atoms with Gasteiger partial charge in [0.1, 0.15) is 12.4 Å². The summed E-state index contributed by atoms with van der Waals surface area (Å²) in [5.41, 5.74) is 0.569. The lowest BCUT2D eigenvalue weighted by molar-refractivity contribution is -0.125. The van der Waals surface area contributed by atoms with Crippen LogP contribution in [0.4, 0.5) is 0 Å². The van der Waals surface area contributed by atoms with Crippen molar-refractivity contribution in [2.75, 3.05) is 26.2 Å². The normalized spacial score (nSPS) is 22.8. The van der Waals surface area contributed by atoms with Gasteiger partial charge in [-0.15, -0.1) is 0 Å². The molecule has 7 nitrogen and oxygen atoms in total. The molecule has 1 heterocycles. The smallest absolute Gasteiger partial charge is 0.254 e. The summed E-state index contributed by atoms with van der Waals surface area (Å²) in [7, 11) is 0. The molecule has 0 bridgehead atoms. The number of benzene rings is 2. The van der Waals surface area contributed by atoms with Crippen LogP contribution in [0.5, 0.6) is 5.75 Å². The predicted octanol–water partition coefficient (Wildman–Crippen LogP) is 1.85. The van der Waals surface area contributed by atoms with Gasteiger partial charge >= 0.3 is 0 Å². The molecule has 2 N–H and O–H groups in total. The number of rotatable bonds is 6. The van der Waals surface area contributed by atoms with Crippen molar-refractivity contribution in [3.05, 3.63) is 66.2 Å². The Bertz CT molecular complexity index is 919. The lowest BCUT2D eigenvalue weighted by Gasteiger charge is -2.23. The fraction of sp³-hybridized carbons (Fsp3) is 0.375. The molecule has 1 aliphatic carbocycles. The third kappa shape index (κ3) is 5.23. The average Bonchev–Trinajstić information content (AvgIpc) is 3.11. The van der Waals surface area contributed by atoms with Crippen LogP contribution < -0.4 is 15.4 Å². The Morgan fingerprint density at radius 3 is 2.48 bits per heavy atom. The number of hydrogen-bond acceptors (Lipinski definition) is 4. The van der Waals surface area contributed by atoms with Gasteiger partial charge < -0.3 is 20.3 Å². The zero-order chi connectivity index (χ0) is 21.6. The number of fused-ring (bicyclic) bond motifs is 1. The van der Waals surface area contributed by atoms with E-state index in [-0.39, 0.29) is 42.1 Å². The first kappa shape index (κ1) is 20.9. The molecule has 1 saturated carbocycles. The molecule has 162 valence electrons. The number of hydrogen-bond donors (Lipinski definition) is 2. The highest BCUT2D eigenvalue weighted by atomic mass is 16.5. The average molecular weight is 421 g/mol. The molecule has 31 heavy (non-hydrogen) atoms. The number of carbonyl (C=O) groups is 3. The Kier molecular flexibility index (Phi) is 6.50. The van der Waals surface area contributed by atoms with Crippen LogP contribution in [0.1, 0.15) is 23.2 Å². The van der Waals surface area contributed by atoms with Crippen molar-refractivity contribution >= 4 is 17.7 Å². The van der Waals surface area contributed by atoms with E-state index in [1.165, 1.54) is 0 Å². The number of amides is 3. The second-order valence-corrected chi connectivity index (χ2v) is 8.11. The highest BCUT2D eigenvalue weighted by molar-refractivity contribution is 5.96. The molecular weight excluding hydrogens is 394 g/mol. The summed E-state index contributed by atoms with van der Waals surface area (Å²) in [5.74, 6) is 0.302. The largest absolute Gasteiger partial charge is 0.492 e. The zero-order valence-electron chi connectivity index (χ0n) is 17.3. The summed E-state index contributed by atoms with van der Waals surface area (Å²) < 4.78 is 5.61. The molecule has 2 fully saturated rings. The maximum atomic E-state index is 12.8. The minimum atomic E-state index is -0.182.